The molecule has 1 aliphatic carbocycles. The summed E-state index contributed by atoms with van der Waals surface area (Å²) in [4.78, 5) is 10.4. The molecule has 0 amide bonds. The van der Waals surface area contributed by atoms with Crippen molar-refractivity contribution < 1.29 is 32.1 Å². The molecule has 1 aromatic carbocycles. The molecule has 1 N–H and O–H groups in total. The van der Waals surface area contributed by atoms with Crippen molar-refractivity contribution >= 4 is 5.97 Å². The van der Waals surface area contributed by atoms with Crippen molar-refractivity contribution in [1.82, 2.24) is 0 Å². The molecule has 0 fully saturated rings. The average molecular weight is 272 g/mol. The molecule has 3 nitrogen and oxygen atoms in total. The van der Waals surface area contributed by atoms with E-state index < -0.39 is 5.97 Å². The molecule has 0 saturated carbocycles. The molecule has 0 bridgehead atoms. The van der Waals surface area contributed by atoms with Crippen LogP contribution in [-0.2, 0) is 21.9 Å². The number of hydrogen-bond donors (Lipinski definition) is 1. The second kappa shape index (κ2) is 7.60. The van der Waals surface area contributed by atoms with Gasteiger partial charge < -0.3 is 10.2 Å². The van der Waals surface area contributed by atoms with Crippen LogP contribution in [0.15, 0.2) is 65.5 Å². The van der Waals surface area contributed by atoms with Gasteiger partial charge in [-0.15, -0.1) is 5.76 Å². The monoisotopic (exact) mass is 272 g/mol. The van der Waals surface area contributed by atoms with Gasteiger partial charge in [-0.1, -0.05) is 19.1 Å². The summed E-state index contributed by atoms with van der Waals surface area (Å²) in [5.41, 5.74) is 0.356. The van der Waals surface area contributed by atoms with E-state index in [0.717, 1.165) is 0 Å². The van der Waals surface area contributed by atoms with E-state index in [2.05, 4.69) is 0 Å². The first kappa shape index (κ1) is 15.4. The zero-order valence-corrected chi connectivity index (χ0v) is 10.3. The maximum atomic E-state index is 10.8. The summed E-state index contributed by atoms with van der Waals surface area (Å²) in [6, 6.07) is 10.0. The van der Waals surface area contributed by atoms with Crippen molar-refractivity contribution in [1.29, 1.82) is 0 Å². The van der Waals surface area contributed by atoms with Crippen molar-refractivity contribution in [2.45, 2.75) is 6.92 Å². The maximum Gasteiger partial charge on any atom is 2.00 e. The van der Waals surface area contributed by atoms with Crippen molar-refractivity contribution in [2.75, 3.05) is 0 Å². The van der Waals surface area contributed by atoms with Gasteiger partial charge >= 0.3 is 23.0 Å². The normalized spacial score (nSPS) is 15.2. The maximum absolute atomic E-state index is 10.8. The van der Waals surface area contributed by atoms with Crippen LogP contribution in [0.1, 0.15) is 6.92 Å². The minimum absolute atomic E-state index is 0. The van der Waals surface area contributed by atoms with E-state index in [1.54, 1.807) is 6.08 Å². The first-order valence-electron chi connectivity index (χ1n) is 4.79. The Hall–Kier alpha value is -1.64. The van der Waals surface area contributed by atoms with Crippen LogP contribution in [0.2, 0.25) is 0 Å². The Kier molecular flexibility index (Phi) is 6.87. The predicted molar refractivity (Wildman–Crippen MR) is 59.6 cm³/mol. The quantitative estimate of drug-likeness (QED) is 0.480. The summed E-state index contributed by atoms with van der Waals surface area (Å²) >= 11 is 0. The van der Waals surface area contributed by atoms with Gasteiger partial charge in [-0.3, -0.25) is 0 Å². The number of carboxylic acids is 1. The predicted octanol–water partition coefficient (Wildman–Crippen LogP) is 1.60. The third-order valence-electron chi connectivity index (χ3n) is 1.98. The number of rotatable bonds is 1. The molecule has 0 aromatic heterocycles. The largest absolute Gasteiger partial charge is 2.00 e. The minimum atomic E-state index is -1.06. The fourth-order valence-corrected chi connectivity index (χ4v) is 1.23. The van der Waals surface area contributed by atoms with Gasteiger partial charge in [0.2, 0.25) is 0 Å². The van der Waals surface area contributed by atoms with Crippen molar-refractivity contribution in [3.63, 3.8) is 0 Å². The summed E-state index contributed by atoms with van der Waals surface area (Å²) in [7, 11) is 0. The molecule has 0 radical (unpaired) electrons. The zero-order valence-electron chi connectivity index (χ0n) is 9.24. The minimum Gasteiger partial charge on any atom is -0.875 e. The number of aliphatic carboxylic acids is 1. The zero-order chi connectivity index (χ0) is 12.0. The molecule has 4 heteroatoms. The molecule has 1 aliphatic rings. The Morgan fingerprint density at radius 2 is 1.94 bits per heavy atom. The molecule has 0 unspecified atom stereocenters. The molecular weight excluding hydrogens is 260 g/mol. The van der Waals surface area contributed by atoms with Crippen LogP contribution in [0.5, 0.6) is 0 Å². The first-order chi connectivity index (χ1) is 7.63. The molecular formula is C13H12FeO3. The van der Waals surface area contributed by atoms with Crippen molar-refractivity contribution in [3.05, 3.63) is 65.5 Å². The Bertz CT molecular complexity index is 418. The fraction of sp³-hybridized carbons (Fsp3) is 0.0769. The third-order valence-corrected chi connectivity index (χ3v) is 1.98. The van der Waals surface area contributed by atoms with Crippen LogP contribution in [0.4, 0.5) is 0 Å². The van der Waals surface area contributed by atoms with E-state index in [-0.39, 0.29) is 34.0 Å². The van der Waals surface area contributed by atoms with E-state index in [1.807, 2.05) is 30.3 Å². The smallest absolute Gasteiger partial charge is 0.875 e. The van der Waals surface area contributed by atoms with E-state index in [4.69, 9.17) is 5.11 Å². The van der Waals surface area contributed by atoms with E-state index in [9.17, 15) is 9.90 Å². The Labute approximate surface area is 111 Å². The molecule has 2 rings (SSSR count). The second-order valence-electron chi connectivity index (χ2n) is 3.18. The number of carboxylic acid groups (broad SMARTS) is 1. The standard InChI is InChI=1S/C8H8O3.C5H5.Fe/c1-5(9)6-3-2-4-7(6)8(10)11;1-2-4-5-3-1;/h2-4,9H,1H3,(H,10,11);1-5H;/q;-1;+2/p-1. The number of allylic oxidation sites excluding steroid dienone is 4. The topological polar surface area (TPSA) is 60.4 Å². The Morgan fingerprint density at radius 3 is 2.24 bits per heavy atom. The van der Waals surface area contributed by atoms with Gasteiger partial charge in [0.05, 0.1) is 5.57 Å². The van der Waals surface area contributed by atoms with Crippen LogP contribution in [0.3, 0.4) is 0 Å². The van der Waals surface area contributed by atoms with Crippen molar-refractivity contribution in [3.8, 4) is 0 Å². The number of carbonyl (C=O) groups is 1. The fourth-order valence-electron chi connectivity index (χ4n) is 1.23. The van der Waals surface area contributed by atoms with Crippen LogP contribution < -0.4 is 5.11 Å². The molecule has 0 heterocycles. The van der Waals surface area contributed by atoms with E-state index >= 15 is 0 Å². The van der Waals surface area contributed by atoms with Crippen LogP contribution >= 0.6 is 0 Å². The van der Waals surface area contributed by atoms with Crippen molar-refractivity contribution in [2.24, 2.45) is 0 Å². The third kappa shape index (κ3) is 4.81. The van der Waals surface area contributed by atoms with Gasteiger partial charge in [0.25, 0.3) is 0 Å². The Balaban J connectivity index is 0.000000360. The van der Waals surface area contributed by atoms with E-state index in [1.165, 1.54) is 19.1 Å². The van der Waals surface area contributed by atoms with Crippen LogP contribution in [0, 0.1) is 0 Å². The van der Waals surface area contributed by atoms with Gasteiger partial charge in [-0.25, -0.2) is 16.9 Å². The first-order valence-corrected chi connectivity index (χ1v) is 4.79. The van der Waals surface area contributed by atoms with Crippen LogP contribution in [0.25, 0.3) is 0 Å². The molecule has 17 heavy (non-hydrogen) atoms. The molecule has 0 aliphatic heterocycles. The van der Waals surface area contributed by atoms with Gasteiger partial charge in [-0.05, 0) is 11.6 Å². The summed E-state index contributed by atoms with van der Waals surface area (Å²) in [5, 5.41) is 19.3. The summed E-state index contributed by atoms with van der Waals surface area (Å²) in [6.07, 6.45) is 4.48. The molecule has 0 saturated heterocycles. The SMILES string of the molecule is CC([O-])=C1C=CC=C1C(=O)O.[Fe+2].c1cc[cH-]c1. The van der Waals surface area contributed by atoms with Gasteiger partial charge in [0.1, 0.15) is 0 Å². The molecule has 1 aromatic rings. The van der Waals surface area contributed by atoms with Gasteiger partial charge in [0.15, 0.2) is 0 Å². The summed E-state index contributed by atoms with van der Waals surface area (Å²) in [6.45, 7) is 1.35. The van der Waals surface area contributed by atoms with Gasteiger partial charge in [0, 0.05) is 0 Å². The average Bonchev–Trinajstić information content (AvgIpc) is 2.92. The second-order valence-corrected chi connectivity index (χ2v) is 3.18. The van der Waals surface area contributed by atoms with E-state index in [0.29, 0.717) is 0 Å². The summed E-state index contributed by atoms with van der Waals surface area (Å²) < 4.78 is 0. The Morgan fingerprint density at radius 1 is 1.35 bits per heavy atom. The van der Waals surface area contributed by atoms with Crippen LogP contribution in [-0.4, -0.2) is 11.1 Å². The van der Waals surface area contributed by atoms with Gasteiger partial charge in [-0.2, -0.15) is 18.2 Å². The molecule has 0 spiro atoms. The number of hydrogen-bond acceptors (Lipinski definition) is 2. The summed E-state index contributed by atoms with van der Waals surface area (Å²) in [5.74, 6) is -1.27. The molecule has 0 atom stereocenters. The molecule has 90 valence electrons.